The van der Waals surface area contributed by atoms with Crippen molar-refractivity contribution in [3.63, 3.8) is 0 Å². The Morgan fingerprint density at radius 2 is 1.73 bits per heavy atom. The quantitative estimate of drug-likeness (QED) is 0.595. The van der Waals surface area contributed by atoms with E-state index in [1.807, 2.05) is 32.0 Å². The molecule has 8 nitrogen and oxygen atoms in total. The first kappa shape index (κ1) is 22.7. The Hall–Kier alpha value is -3.46. The number of hydrogen-bond acceptors (Lipinski definition) is 5. The zero-order valence-electron chi connectivity index (χ0n) is 18.8. The Balaban J connectivity index is 1.68. The minimum Gasteiger partial charge on any atom is -0.326 e. The molecule has 33 heavy (non-hydrogen) atoms. The van der Waals surface area contributed by atoms with Gasteiger partial charge in [-0.1, -0.05) is 18.2 Å². The van der Waals surface area contributed by atoms with E-state index in [0.717, 1.165) is 16.7 Å². The van der Waals surface area contributed by atoms with Crippen LogP contribution in [0.2, 0.25) is 0 Å². The molecular weight excluding hydrogens is 440 g/mol. The lowest BCUT2D eigenvalue weighted by atomic mass is 10.0. The first-order valence-corrected chi connectivity index (χ1v) is 12.5. The van der Waals surface area contributed by atoms with Crippen LogP contribution in [0.1, 0.15) is 41.0 Å². The van der Waals surface area contributed by atoms with Gasteiger partial charge in [0.1, 0.15) is 0 Å². The van der Waals surface area contributed by atoms with Crippen molar-refractivity contribution in [3.05, 3.63) is 65.4 Å². The highest BCUT2D eigenvalue weighted by atomic mass is 32.2. The fourth-order valence-electron chi connectivity index (χ4n) is 3.94. The van der Waals surface area contributed by atoms with E-state index in [1.165, 1.54) is 6.92 Å². The Kier molecular flexibility index (Phi) is 6.07. The summed E-state index contributed by atoms with van der Waals surface area (Å²) in [5, 5.41) is 10.0. The summed E-state index contributed by atoms with van der Waals surface area (Å²) in [6.07, 6.45) is 0.460. The molecule has 172 valence electrons. The number of nitrogens with one attached hydrogen (secondary N) is 2. The summed E-state index contributed by atoms with van der Waals surface area (Å²) in [6, 6.07) is 14.2. The van der Waals surface area contributed by atoms with Crippen molar-refractivity contribution in [2.45, 2.75) is 33.2 Å². The van der Waals surface area contributed by atoms with Gasteiger partial charge in [0.25, 0.3) is 5.91 Å². The first-order valence-electron chi connectivity index (χ1n) is 10.7. The standard InChI is InChI=1S/C24H26N4O4S/c1-15-7-8-18(11-16(15)2)23-13-22(27-28(23)21-9-10-33(31,32)14-21)24(30)26-20-6-4-5-19(12-20)25-17(3)29/h4-8,11-13,21H,9-10,14H2,1-3H3,(H,25,29)(H,26,30)/t21-/m1/s1. The van der Waals surface area contributed by atoms with E-state index in [2.05, 4.69) is 15.7 Å². The van der Waals surface area contributed by atoms with Crippen molar-refractivity contribution in [3.8, 4) is 11.3 Å². The minimum atomic E-state index is -3.13. The van der Waals surface area contributed by atoms with E-state index in [4.69, 9.17) is 0 Å². The lowest BCUT2D eigenvalue weighted by Gasteiger charge is -2.14. The molecule has 0 spiro atoms. The van der Waals surface area contributed by atoms with Gasteiger partial charge >= 0.3 is 0 Å². The second-order valence-corrected chi connectivity index (χ2v) is 10.7. The SMILES string of the molecule is CC(=O)Nc1cccc(NC(=O)c2cc(-c3ccc(C)c(C)c3)n([C@@H]3CCS(=O)(=O)C3)n2)c1. The van der Waals surface area contributed by atoms with E-state index >= 15 is 0 Å². The molecule has 1 aromatic heterocycles. The van der Waals surface area contributed by atoms with Crippen molar-refractivity contribution in [2.24, 2.45) is 0 Å². The molecule has 1 aliphatic heterocycles. The summed E-state index contributed by atoms with van der Waals surface area (Å²) in [6.45, 7) is 5.44. The summed E-state index contributed by atoms with van der Waals surface area (Å²) >= 11 is 0. The second-order valence-electron chi connectivity index (χ2n) is 8.43. The molecule has 2 amide bonds. The average Bonchev–Trinajstić information content (AvgIpc) is 3.33. The van der Waals surface area contributed by atoms with Gasteiger partial charge in [-0.25, -0.2) is 8.42 Å². The summed E-state index contributed by atoms with van der Waals surface area (Å²) in [7, 11) is -3.13. The van der Waals surface area contributed by atoms with Crippen LogP contribution in [0, 0.1) is 13.8 Å². The van der Waals surface area contributed by atoms with Crippen LogP contribution in [0.25, 0.3) is 11.3 Å². The van der Waals surface area contributed by atoms with Gasteiger partial charge in [0, 0.05) is 23.9 Å². The number of carbonyl (C=O) groups excluding carboxylic acids is 2. The van der Waals surface area contributed by atoms with E-state index in [0.29, 0.717) is 23.5 Å². The molecule has 2 N–H and O–H groups in total. The summed E-state index contributed by atoms with van der Waals surface area (Å²) in [5.74, 6) is -0.505. The van der Waals surface area contributed by atoms with Crippen LogP contribution in [-0.2, 0) is 14.6 Å². The normalized spacial score (nSPS) is 17.0. The van der Waals surface area contributed by atoms with Crippen molar-refractivity contribution in [1.29, 1.82) is 0 Å². The fourth-order valence-corrected chi connectivity index (χ4v) is 5.63. The van der Waals surface area contributed by atoms with E-state index < -0.39 is 15.7 Å². The van der Waals surface area contributed by atoms with Crippen molar-refractivity contribution >= 4 is 33.0 Å². The van der Waals surface area contributed by atoms with Gasteiger partial charge in [0.2, 0.25) is 5.91 Å². The monoisotopic (exact) mass is 466 g/mol. The summed E-state index contributed by atoms with van der Waals surface area (Å²) in [4.78, 5) is 24.3. The average molecular weight is 467 g/mol. The number of amides is 2. The molecular formula is C24H26N4O4S. The van der Waals surface area contributed by atoms with Gasteiger partial charge in [0.15, 0.2) is 15.5 Å². The molecule has 0 saturated carbocycles. The molecule has 1 saturated heterocycles. The molecule has 0 unspecified atom stereocenters. The van der Waals surface area contributed by atoms with Crippen molar-refractivity contribution in [2.75, 3.05) is 22.1 Å². The van der Waals surface area contributed by atoms with Crippen LogP contribution >= 0.6 is 0 Å². The molecule has 0 radical (unpaired) electrons. The van der Waals surface area contributed by atoms with Gasteiger partial charge < -0.3 is 10.6 Å². The molecule has 0 bridgehead atoms. The van der Waals surface area contributed by atoms with Gasteiger partial charge in [-0.05, 0) is 61.7 Å². The predicted molar refractivity (Wildman–Crippen MR) is 128 cm³/mol. The van der Waals surface area contributed by atoms with Crippen LogP contribution in [-0.4, -0.2) is 41.5 Å². The third-order valence-electron chi connectivity index (χ3n) is 5.77. The summed E-state index contributed by atoms with van der Waals surface area (Å²) < 4.78 is 25.9. The molecule has 1 aliphatic rings. The number of nitrogens with zero attached hydrogens (tertiary/aromatic N) is 2. The highest BCUT2D eigenvalue weighted by molar-refractivity contribution is 7.91. The van der Waals surface area contributed by atoms with Gasteiger partial charge in [-0.2, -0.15) is 5.10 Å². The number of hydrogen-bond donors (Lipinski definition) is 2. The number of carbonyl (C=O) groups is 2. The number of benzene rings is 2. The topological polar surface area (TPSA) is 110 Å². The number of anilines is 2. The molecule has 2 heterocycles. The third-order valence-corrected chi connectivity index (χ3v) is 7.52. The fraction of sp³-hybridized carbons (Fsp3) is 0.292. The molecule has 1 atom stereocenters. The minimum absolute atomic E-state index is 0.00629. The van der Waals surface area contributed by atoms with Crippen molar-refractivity contribution in [1.82, 2.24) is 9.78 Å². The van der Waals surface area contributed by atoms with Crippen LogP contribution in [0.4, 0.5) is 11.4 Å². The van der Waals surface area contributed by atoms with Crippen LogP contribution in [0.3, 0.4) is 0 Å². The Morgan fingerprint density at radius 1 is 1.00 bits per heavy atom. The molecule has 4 rings (SSSR count). The maximum absolute atomic E-state index is 13.0. The van der Waals surface area contributed by atoms with Crippen molar-refractivity contribution < 1.29 is 18.0 Å². The predicted octanol–water partition coefficient (Wildman–Crippen LogP) is 3.74. The Morgan fingerprint density at radius 3 is 2.36 bits per heavy atom. The Bertz CT molecular complexity index is 1340. The Labute approximate surface area is 192 Å². The van der Waals surface area contributed by atoms with Crippen LogP contribution in [0.15, 0.2) is 48.5 Å². The van der Waals surface area contributed by atoms with Crippen LogP contribution in [0.5, 0.6) is 0 Å². The van der Waals surface area contributed by atoms with E-state index in [1.54, 1.807) is 35.0 Å². The van der Waals surface area contributed by atoms with E-state index in [-0.39, 0.29) is 29.1 Å². The smallest absolute Gasteiger partial charge is 0.276 e. The highest BCUT2D eigenvalue weighted by Gasteiger charge is 2.32. The zero-order valence-corrected chi connectivity index (χ0v) is 19.6. The van der Waals surface area contributed by atoms with E-state index in [9.17, 15) is 18.0 Å². The maximum atomic E-state index is 13.0. The highest BCUT2D eigenvalue weighted by Crippen LogP contribution is 2.31. The molecule has 0 aliphatic carbocycles. The number of rotatable bonds is 5. The largest absolute Gasteiger partial charge is 0.326 e. The number of aryl methyl sites for hydroxylation is 2. The molecule has 1 fully saturated rings. The van der Waals surface area contributed by atoms with Gasteiger partial charge in [0.05, 0.1) is 23.2 Å². The van der Waals surface area contributed by atoms with Gasteiger partial charge in [-0.3, -0.25) is 14.3 Å². The first-order chi connectivity index (χ1) is 15.6. The molecule has 9 heteroatoms. The maximum Gasteiger partial charge on any atom is 0.276 e. The van der Waals surface area contributed by atoms with Crippen LogP contribution < -0.4 is 10.6 Å². The summed E-state index contributed by atoms with van der Waals surface area (Å²) in [5.41, 5.74) is 5.09. The molecule has 3 aromatic rings. The lowest BCUT2D eigenvalue weighted by Crippen LogP contribution is -2.16. The second kappa shape index (κ2) is 8.82. The lowest BCUT2D eigenvalue weighted by molar-refractivity contribution is -0.114. The zero-order chi connectivity index (χ0) is 23.8. The number of sulfone groups is 1. The third kappa shape index (κ3) is 5.14. The molecule has 2 aromatic carbocycles. The van der Waals surface area contributed by atoms with Gasteiger partial charge in [-0.15, -0.1) is 0 Å². The number of aromatic nitrogens is 2.